The molecule has 0 radical (unpaired) electrons. The molecule has 2 aromatic rings. The van der Waals surface area contributed by atoms with Crippen LogP contribution in [0.1, 0.15) is 47.9 Å². The number of carbonyl (C=O) groups excluding carboxylic acids is 4. The van der Waals surface area contributed by atoms with Crippen molar-refractivity contribution in [2.45, 2.75) is 53.4 Å². The van der Waals surface area contributed by atoms with Gasteiger partial charge in [-0.1, -0.05) is 36.4 Å². The number of amides is 4. The molecule has 1 saturated carbocycles. The van der Waals surface area contributed by atoms with E-state index in [9.17, 15) is 19.2 Å². The molecule has 3 rings (SSSR count). The summed E-state index contributed by atoms with van der Waals surface area (Å²) < 4.78 is 11.2. The molecule has 0 unspecified atom stereocenters. The van der Waals surface area contributed by atoms with Crippen LogP contribution in [0.15, 0.2) is 36.4 Å². The van der Waals surface area contributed by atoms with E-state index >= 15 is 0 Å². The summed E-state index contributed by atoms with van der Waals surface area (Å²) in [6.07, 6.45) is 1.95. The molecule has 1 fully saturated rings. The number of hydrogen-bond acceptors (Lipinski definition) is 6. The van der Waals surface area contributed by atoms with E-state index in [1.54, 1.807) is 0 Å². The molecule has 1 aliphatic rings. The van der Waals surface area contributed by atoms with Crippen molar-refractivity contribution in [2.24, 2.45) is 11.8 Å². The molecule has 2 aromatic carbocycles. The minimum atomic E-state index is -0.466. The van der Waals surface area contributed by atoms with Crippen LogP contribution in [0.5, 0.6) is 11.5 Å². The summed E-state index contributed by atoms with van der Waals surface area (Å²) >= 11 is 0. The lowest BCUT2D eigenvalue weighted by atomic mass is 9.81. The highest BCUT2D eigenvalue weighted by Gasteiger charge is 2.30. The number of benzene rings is 2. The summed E-state index contributed by atoms with van der Waals surface area (Å²) in [7, 11) is 0. The fourth-order valence-corrected chi connectivity index (χ4v) is 4.49. The highest BCUT2D eigenvalue weighted by Crippen LogP contribution is 2.29. The molecule has 1 aliphatic carbocycles. The fraction of sp³-hybridized carbons (Fsp3) is 0.429. The van der Waals surface area contributed by atoms with Crippen molar-refractivity contribution in [2.75, 3.05) is 13.2 Å². The van der Waals surface area contributed by atoms with Gasteiger partial charge in [0.1, 0.15) is 11.5 Å². The second-order valence-corrected chi connectivity index (χ2v) is 9.64. The Bertz CT molecular complexity index is 1040. The maximum absolute atomic E-state index is 12.5. The van der Waals surface area contributed by atoms with Gasteiger partial charge in [0.15, 0.2) is 13.2 Å². The average Bonchev–Trinajstić information content (AvgIpc) is 2.90. The van der Waals surface area contributed by atoms with Crippen molar-refractivity contribution in [1.82, 2.24) is 21.7 Å². The lowest BCUT2D eigenvalue weighted by Gasteiger charge is -2.27. The van der Waals surface area contributed by atoms with Gasteiger partial charge < -0.3 is 9.47 Å². The molecule has 4 N–H and O–H groups in total. The van der Waals surface area contributed by atoms with Crippen molar-refractivity contribution in [1.29, 1.82) is 0 Å². The molecule has 0 saturated heterocycles. The van der Waals surface area contributed by atoms with Crippen LogP contribution >= 0.6 is 0 Å². The molecule has 0 aromatic heterocycles. The Kier molecular flexibility index (Phi) is 10.1. The van der Waals surface area contributed by atoms with Crippen LogP contribution in [0, 0.1) is 39.5 Å². The molecular formula is C28H36N4O6. The molecule has 0 spiro atoms. The second kappa shape index (κ2) is 13.5. The zero-order valence-electron chi connectivity index (χ0n) is 22.3. The predicted octanol–water partition coefficient (Wildman–Crippen LogP) is 2.48. The molecule has 0 atom stereocenters. The zero-order valence-corrected chi connectivity index (χ0v) is 22.3. The largest absolute Gasteiger partial charge is 0.483 e. The molecule has 10 heteroatoms. The first-order valence-electron chi connectivity index (χ1n) is 12.7. The summed E-state index contributed by atoms with van der Waals surface area (Å²) in [5.74, 6) is -0.884. The van der Waals surface area contributed by atoms with E-state index in [0.717, 1.165) is 22.3 Å². The third kappa shape index (κ3) is 7.96. The third-order valence-corrected chi connectivity index (χ3v) is 6.63. The summed E-state index contributed by atoms with van der Waals surface area (Å²) in [6.45, 7) is 7.15. The number of rotatable bonds is 8. The maximum atomic E-state index is 12.5. The van der Waals surface area contributed by atoms with Gasteiger partial charge in [0.2, 0.25) is 11.8 Å². The zero-order chi connectivity index (χ0) is 27.7. The number of nitrogens with one attached hydrogen (secondary N) is 4. The monoisotopic (exact) mass is 524 g/mol. The van der Waals surface area contributed by atoms with E-state index in [1.165, 1.54) is 0 Å². The molecule has 0 aliphatic heterocycles. The molecule has 4 amide bonds. The minimum Gasteiger partial charge on any atom is -0.483 e. The van der Waals surface area contributed by atoms with Crippen molar-refractivity contribution in [3.63, 3.8) is 0 Å². The molecule has 0 heterocycles. The number of aryl methyl sites for hydroxylation is 4. The van der Waals surface area contributed by atoms with E-state index in [1.807, 2.05) is 64.1 Å². The summed E-state index contributed by atoms with van der Waals surface area (Å²) in [4.78, 5) is 49.2. The van der Waals surface area contributed by atoms with Crippen LogP contribution in [0.3, 0.4) is 0 Å². The molecular weight excluding hydrogens is 488 g/mol. The van der Waals surface area contributed by atoms with Crippen LogP contribution in [-0.4, -0.2) is 36.8 Å². The number of hydrazine groups is 2. The topological polar surface area (TPSA) is 135 Å². The maximum Gasteiger partial charge on any atom is 0.276 e. The van der Waals surface area contributed by atoms with E-state index in [0.29, 0.717) is 37.2 Å². The number of hydrogen-bond donors (Lipinski definition) is 4. The van der Waals surface area contributed by atoms with Gasteiger partial charge >= 0.3 is 0 Å². The van der Waals surface area contributed by atoms with Crippen LogP contribution in [0.25, 0.3) is 0 Å². The van der Waals surface area contributed by atoms with Crippen LogP contribution in [0.2, 0.25) is 0 Å². The molecule has 38 heavy (non-hydrogen) atoms. The van der Waals surface area contributed by atoms with E-state index in [-0.39, 0.29) is 36.9 Å². The Balaban J connectivity index is 1.32. The van der Waals surface area contributed by atoms with Gasteiger partial charge in [-0.2, -0.15) is 0 Å². The van der Waals surface area contributed by atoms with E-state index in [2.05, 4.69) is 21.7 Å². The van der Waals surface area contributed by atoms with Gasteiger partial charge in [0.25, 0.3) is 11.8 Å². The van der Waals surface area contributed by atoms with Gasteiger partial charge in [-0.15, -0.1) is 0 Å². The summed E-state index contributed by atoms with van der Waals surface area (Å²) in [6, 6.07) is 11.4. The van der Waals surface area contributed by atoms with Gasteiger partial charge in [-0.05, 0) is 75.6 Å². The summed E-state index contributed by atoms with van der Waals surface area (Å²) in [5, 5.41) is 0. The number of carbonyl (C=O) groups is 4. The standard InChI is InChI=1S/C28H36N4O6/c1-17-7-5-8-18(2)25(17)37-15-23(33)29-31-27(35)21-11-13-22(14-12-21)28(36)32-30-24(34)16-38-26-19(3)9-6-10-20(26)4/h5-10,21-22H,11-16H2,1-4H3,(H,29,33)(H,30,34)(H,31,35)(H,32,36). The Hall–Kier alpha value is -4.08. The first kappa shape index (κ1) is 28.5. The Morgan fingerprint density at radius 1 is 0.605 bits per heavy atom. The highest BCUT2D eigenvalue weighted by molar-refractivity contribution is 5.85. The molecule has 204 valence electrons. The SMILES string of the molecule is Cc1cccc(C)c1OCC(=O)NNC(=O)C1CCC(C(=O)NNC(=O)COc2c(C)cccc2C)CC1. The Morgan fingerprint density at radius 2 is 0.921 bits per heavy atom. The van der Waals surface area contributed by atoms with Crippen LogP contribution in [-0.2, 0) is 19.2 Å². The van der Waals surface area contributed by atoms with Crippen molar-refractivity contribution in [3.05, 3.63) is 58.7 Å². The van der Waals surface area contributed by atoms with E-state index in [4.69, 9.17) is 9.47 Å². The Labute approximate surface area is 222 Å². The Morgan fingerprint density at radius 3 is 1.24 bits per heavy atom. The smallest absolute Gasteiger partial charge is 0.276 e. The van der Waals surface area contributed by atoms with Gasteiger partial charge in [0, 0.05) is 11.8 Å². The first-order valence-corrected chi connectivity index (χ1v) is 12.7. The minimum absolute atomic E-state index is 0.222. The van der Waals surface area contributed by atoms with Crippen molar-refractivity contribution in [3.8, 4) is 11.5 Å². The normalized spacial score (nSPS) is 16.6. The number of ether oxygens (including phenoxy) is 2. The third-order valence-electron chi connectivity index (χ3n) is 6.63. The second-order valence-electron chi connectivity index (χ2n) is 9.64. The number of para-hydroxylation sites is 2. The van der Waals surface area contributed by atoms with Crippen molar-refractivity contribution >= 4 is 23.6 Å². The quantitative estimate of drug-likeness (QED) is 0.392. The van der Waals surface area contributed by atoms with Crippen molar-refractivity contribution < 1.29 is 28.7 Å². The van der Waals surface area contributed by atoms with Gasteiger partial charge in [-0.3, -0.25) is 40.9 Å². The fourth-order valence-electron chi connectivity index (χ4n) is 4.49. The summed E-state index contributed by atoms with van der Waals surface area (Å²) in [5.41, 5.74) is 13.4. The van der Waals surface area contributed by atoms with Gasteiger partial charge in [-0.25, -0.2) is 0 Å². The highest BCUT2D eigenvalue weighted by atomic mass is 16.5. The van der Waals surface area contributed by atoms with Crippen LogP contribution in [0.4, 0.5) is 0 Å². The van der Waals surface area contributed by atoms with E-state index < -0.39 is 11.8 Å². The predicted molar refractivity (Wildman–Crippen MR) is 141 cm³/mol. The van der Waals surface area contributed by atoms with Gasteiger partial charge in [0.05, 0.1) is 0 Å². The average molecular weight is 525 g/mol. The molecule has 0 bridgehead atoms. The first-order chi connectivity index (χ1) is 18.2. The lowest BCUT2D eigenvalue weighted by molar-refractivity contribution is -0.135. The molecule has 10 nitrogen and oxygen atoms in total. The van der Waals surface area contributed by atoms with Crippen LogP contribution < -0.4 is 31.2 Å². The lowest BCUT2D eigenvalue weighted by Crippen LogP contribution is -2.49.